The molecule has 1 fully saturated rings. The fourth-order valence-corrected chi connectivity index (χ4v) is 4.20. The van der Waals surface area contributed by atoms with E-state index in [1.54, 1.807) is 13.2 Å². The minimum Gasteiger partial charge on any atom is -0.497 e. The average molecular weight is 436 g/mol. The molecule has 1 aromatic heterocycles. The Morgan fingerprint density at radius 2 is 1.97 bits per heavy atom. The van der Waals surface area contributed by atoms with Crippen LogP contribution in [0, 0.1) is 5.41 Å². The van der Waals surface area contributed by atoms with Crippen molar-refractivity contribution < 1.29 is 4.74 Å². The van der Waals surface area contributed by atoms with Crippen LogP contribution >= 0.6 is 12.4 Å². The van der Waals surface area contributed by atoms with Crippen molar-refractivity contribution in [1.82, 2.24) is 20.2 Å². The zero-order valence-electron chi connectivity index (χ0n) is 18.5. The van der Waals surface area contributed by atoms with Gasteiger partial charge in [-0.25, -0.2) is 4.98 Å². The summed E-state index contributed by atoms with van der Waals surface area (Å²) in [4.78, 5) is 22.1. The average Bonchev–Trinajstić information content (AvgIpc) is 3.15. The van der Waals surface area contributed by atoms with E-state index in [-0.39, 0.29) is 35.2 Å². The second-order valence-electron chi connectivity index (χ2n) is 8.92. The molecular weight excluding hydrogens is 402 g/mol. The van der Waals surface area contributed by atoms with E-state index in [2.05, 4.69) is 60.6 Å². The third kappa shape index (κ3) is 6.20. The van der Waals surface area contributed by atoms with Crippen molar-refractivity contribution in [2.75, 3.05) is 52.7 Å². The predicted molar refractivity (Wildman–Crippen MR) is 124 cm³/mol. The van der Waals surface area contributed by atoms with E-state index in [1.165, 1.54) is 5.56 Å². The molecule has 1 saturated heterocycles. The fourth-order valence-electron chi connectivity index (χ4n) is 4.20. The molecule has 30 heavy (non-hydrogen) atoms. The molecule has 0 saturated carbocycles. The van der Waals surface area contributed by atoms with Gasteiger partial charge in [0.1, 0.15) is 5.75 Å². The molecule has 3 N–H and O–H groups in total. The molecule has 166 valence electrons. The first-order valence-corrected chi connectivity index (χ1v) is 10.1. The lowest BCUT2D eigenvalue weighted by molar-refractivity contribution is 0.254. The van der Waals surface area contributed by atoms with Gasteiger partial charge in [-0.2, -0.15) is 0 Å². The highest BCUT2D eigenvalue weighted by atomic mass is 35.5. The van der Waals surface area contributed by atoms with E-state index >= 15 is 0 Å². The summed E-state index contributed by atoms with van der Waals surface area (Å²) in [7, 11) is 5.81. The second kappa shape index (κ2) is 10.3. The number of aromatic amines is 1. The third-order valence-electron chi connectivity index (χ3n) is 5.36. The molecule has 3 rings (SSSR count). The third-order valence-corrected chi connectivity index (χ3v) is 5.36. The van der Waals surface area contributed by atoms with E-state index in [4.69, 9.17) is 9.72 Å². The number of halogens is 1. The van der Waals surface area contributed by atoms with Gasteiger partial charge in [0.2, 0.25) is 5.95 Å². The Kier molecular flexibility index (Phi) is 8.29. The number of hydrogen-bond donors (Lipinski definition) is 3. The first kappa shape index (κ1) is 24.2. The number of ether oxygens (including phenoxy) is 1. The summed E-state index contributed by atoms with van der Waals surface area (Å²) in [5, 5.41) is 6.79. The maximum atomic E-state index is 12.3. The summed E-state index contributed by atoms with van der Waals surface area (Å²) in [6.45, 7) is 7.70. The predicted octanol–water partition coefficient (Wildman–Crippen LogP) is 2.67. The number of nitrogens with zero attached hydrogens (tertiary/aromatic N) is 2. The van der Waals surface area contributed by atoms with Crippen molar-refractivity contribution in [3.63, 3.8) is 0 Å². The lowest BCUT2D eigenvalue weighted by Gasteiger charge is -2.28. The number of aromatic nitrogens is 2. The highest BCUT2D eigenvalue weighted by Crippen LogP contribution is 2.36. The van der Waals surface area contributed by atoms with Gasteiger partial charge >= 0.3 is 0 Å². The number of nitrogens with one attached hydrogen (secondary N) is 3. The van der Waals surface area contributed by atoms with E-state index in [1.807, 2.05) is 12.1 Å². The molecule has 0 amide bonds. The molecule has 0 aliphatic carbocycles. The van der Waals surface area contributed by atoms with Crippen LogP contribution in [-0.2, 0) is 0 Å². The Morgan fingerprint density at radius 1 is 1.23 bits per heavy atom. The second-order valence-corrected chi connectivity index (χ2v) is 8.92. The molecule has 1 aliphatic rings. The largest absolute Gasteiger partial charge is 0.497 e. The van der Waals surface area contributed by atoms with Crippen LogP contribution in [0.2, 0.25) is 0 Å². The zero-order valence-corrected chi connectivity index (χ0v) is 19.3. The SMILES string of the molecule is COc1cccc([C@@H]2CNC[C@H]2c2cc(=O)[nH]c(NCC(C)(C)CN(C)C)n2)c1.Cl. The van der Waals surface area contributed by atoms with Crippen LogP contribution in [0.15, 0.2) is 35.1 Å². The standard InChI is InChI=1S/C22H33N5O2.ClH/c1-22(2,14-27(3)4)13-24-21-25-19(10-20(28)26-21)18-12-23-11-17(18)15-7-6-8-16(9-15)29-5;/h6-10,17-18,23H,11-14H2,1-5H3,(H2,24,25,26,28);1H/t17-,18+;/m0./s1. The lowest BCUT2D eigenvalue weighted by atomic mass is 9.86. The molecule has 0 unspecified atom stereocenters. The number of anilines is 1. The van der Waals surface area contributed by atoms with Gasteiger partial charge in [0.15, 0.2) is 0 Å². The summed E-state index contributed by atoms with van der Waals surface area (Å²) in [6.07, 6.45) is 0. The summed E-state index contributed by atoms with van der Waals surface area (Å²) < 4.78 is 5.38. The van der Waals surface area contributed by atoms with Crippen LogP contribution in [0.25, 0.3) is 0 Å². The molecule has 0 radical (unpaired) electrons. The van der Waals surface area contributed by atoms with Crippen LogP contribution in [-0.4, -0.2) is 62.3 Å². The molecule has 2 atom stereocenters. The molecular formula is C22H34ClN5O2. The fraction of sp³-hybridized carbons (Fsp3) is 0.545. The van der Waals surface area contributed by atoms with Gasteiger partial charge in [0, 0.05) is 44.1 Å². The number of H-pyrrole nitrogens is 1. The molecule has 0 spiro atoms. The molecule has 7 nitrogen and oxygen atoms in total. The first-order valence-electron chi connectivity index (χ1n) is 10.1. The Labute approximate surface area is 185 Å². The normalized spacial score (nSPS) is 18.9. The zero-order chi connectivity index (χ0) is 21.0. The lowest BCUT2D eigenvalue weighted by Crippen LogP contribution is -2.35. The first-order chi connectivity index (χ1) is 13.8. The Hall–Kier alpha value is -2.09. The maximum absolute atomic E-state index is 12.3. The topological polar surface area (TPSA) is 82.3 Å². The smallest absolute Gasteiger partial charge is 0.252 e. The monoisotopic (exact) mass is 435 g/mol. The van der Waals surface area contributed by atoms with Crippen molar-refractivity contribution in [3.05, 3.63) is 51.9 Å². The molecule has 8 heteroatoms. The van der Waals surface area contributed by atoms with Crippen LogP contribution in [0.5, 0.6) is 5.75 Å². The van der Waals surface area contributed by atoms with E-state index in [9.17, 15) is 4.79 Å². The summed E-state index contributed by atoms with van der Waals surface area (Å²) in [5.41, 5.74) is 1.94. The molecule has 2 heterocycles. The van der Waals surface area contributed by atoms with Gasteiger partial charge in [0.05, 0.1) is 12.8 Å². The molecule has 1 aromatic carbocycles. The van der Waals surface area contributed by atoms with Gasteiger partial charge < -0.3 is 20.3 Å². The minimum atomic E-state index is -0.126. The number of methoxy groups -OCH3 is 1. The van der Waals surface area contributed by atoms with Gasteiger partial charge in [0.25, 0.3) is 5.56 Å². The number of benzene rings is 1. The Morgan fingerprint density at radius 3 is 2.67 bits per heavy atom. The molecule has 1 aliphatic heterocycles. The molecule has 2 aromatic rings. The van der Waals surface area contributed by atoms with Crippen LogP contribution < -0.4 is 20.9 Å². The van der Waals surface area contributed by atoms with E-state index < -0.39 is 0 Å². The number of hydrogen-bond acceptors (Lipinski definition) is 6. The van der Waals surface area contributed by atoms with Gasteiger partial charge in [-0.15, -0.1) is 12.4 Å². The van der Waals surface area contributed by atoms with E-state index in [0.717, 1.165) is 37.6 Å². The van der Waals surface area contributed by atoms with Crippen molar-refractivity contribution >= 4 is 18.4 Å². The van der Waals surface area contributed by atoms with Crippen molar-refractivity contribution in [2.45, 2.75) is 25.7 Å². The molecule has 0 bridgehead atoms. The highest BCUT2D eigenvalue weighted by Gasteiger charge is 2.31. The van der Waals surface area contributed by atoms with E-state index in [0.29, 0.717) is 5.95 Å². The van der Waals surface area contributed by atoms with Crippen LogP contribution in [0.3, 0.4) is 0 Å². The Bertz CT molecular complexity index is 884. The van der Waals surface area contributed by atoms with Gasteiger partial charge in [-0.3, -0.25) is 9.78 Å². The van der Waals surface area contributed by atoms with Crippen molar-refractivity contribution in [2.24, 2.45) is 5.41 Å². The maximum Gasteiger partial charge on any atom is 0.252 e. The minimum absolute atomic E-state index is 0. The van der Waals surface area contributed by atoms with Gasteiger partial charge in [-0.1, -0.05) is 26.0 Å². The quantitative estimate of drug-likeness (QED) is 0.591. The van der Waals surface area contributed by atoms with Crippen LogP contribution in [0.1, 0.15) is 36.9 Å². The van der Waals surface area contributed by atoms with Gasteiger partial charge in [-0.05, 0) is 37.2 Å². The van der Waals surface area contributed by atoms with Crippen LogP contribution in [0.4, 0.5) is 5.95 Å². The highest BCUT2D eigenvalue weighted by molar-refractivity contribution is 5.85. The Balaban J connectivity index is 0.00000320. The summed E-state index contributed by atoms with van der Waals surface area (Å²) in [5.74, 6) is 1.77. The van der Waals surface area contributed by atoms with Crippen molar-refractivity contribution in [3.8, 4) is 5.75 Å². The number of rotatable bonds is 8. The summed E-state index contributed by atoms with van der Waals surface area (Å²) in [6, 6.07) is 9.77. The summed E-state index contributed by atoms with van der Waals surface area (Å²) >= 11 is 0. The van der Waals surface area contributed by atoms with Crippen molar-refractivity contribution in [1.29, 1.82) is 0 Å².